The summed E-state index contributed by atoms with van der Waals surface area (Å²) in [6.07, 6.45) is 1.08. The van der Waals surface area contributed by atoms with E-state index in [2.05, 4.69) is 9.97 Å². The van der Waals surface area contributed by atoms with Crippen LogP contribution in [0.1, 0.15) is 18.2 Å². The van der Waals surface area contributed by atoms with Gasteiger partial charge in [0.1, 0.15) is 5.75 Å². The molecule has 0 bridgehead atoms. The van der Waals surface area contributed by atoms with E-state index in [1.165, 1.54) is 24.4 Å². The number of aliphatic hydroxyl groups excluding tert-OH is 1. The molecule has 0 saturated carbocycles. The normalized spacial score (nSPS) is 14.8. The first-order valence-electron chi connectivity index (χ1n) is 8.29. The standard InChI is InChI=1S/C18H19F2N3O4/c1-10-14(6-21-17(22-10)23-7-12(24)8-23)13-5-11(18(2,19)20)3-4-15(13)27-9-16(25)26/h3-6,12,24H,7-9H2,1-2H3,(H,25,26). The third kappa shape index (κ3) is 4.13. The van der Waals surface area contributed by atoms with Crippen molar-refractivity contribution in [1.29, 1.82) is 0 Å². The molecule has 1 saturated heterocycles. The van der Waals surface area contributed by atoms with Gasteiger partial charge in [-0.25, -0.2) is 23.5 Å². The van der Waals surface area contributed by atoms with Crippen molar-refractivity contribution in [1.82, 2.24) is 9.97 Å². The number of β-amino-alcohol motifs (C(OH)–C–C–N with tert-alkyl or cyclic N) is 1. The molecule has 0 aliphatic carbocycles. The molecule has 3 rings (SSSR count). The van der Waals surface area contributed by atoms with Crippen LogP contribution in [0.15, 0.2) is 24.4 Å². The fraction of sp³-hybridized carbons (Fsp3) is 0.389. The summed E-state index contributed by atoms with van der Waals surface area (Å²) in [5.74, 6) is -3.65. The molecule has 0 spiro atoms. The van der Waals surface area contributed by atoms with E-state index in [4.69, 9.17) is 9.84 Å². The van der Waals surface area contributed by atoms with Crippen molar-refractivity contribution in [2.45, 2.75) is 25.9 Å². The summed E-state index contributed by atoms with van der Waals surface area (Å²) in [5, 5.41) is 18.2. The number of aliphatic carboxylic acids is 1. The Bertz CT molecular complexity index is 864. The molecule has 1 fully saturated rings. The van der Waals surface area contributed by atoms with Crippen LogP contribution in [-0.4, -0.2) is 52.0 Å². The van der Waals surface area contributed by atoms with Gasteiger partial charge in [-0.15, -0.1) is 0 Å². The lowest BCUT2D eigenvalue weighted by molar-refractivity contribution is -0.139. The van der Waals surface area contributed by atoms with Gasteiger partial charge in [-0.2, -0.15) is 0 Å². The number of aliphatic hydroxyl groups is 1. The summed E-state index contributed by atoms with van der Waals surface area (Å²) in [4.78, 5) is 21.2. The van der Waals surface area contributed by atoms with Crippen molar-refractivity contribution in [3.8, 4) is 16.9 Å². The number of halogens is 2. The van der Waals surface area contributed by atoms with Crippen LogP contribution in [0, 0.1) is 6.92 Å². The van der Waals surface area contributed by atoms with E-state index in [1.54, 1.807) is 11.8 Å². The van der Waals surface area contributed by atoms with Gasteiger partial charge in [-0.1, -0.05) is 0 Å². The molecule has 7 nitrogen and oxygen atoms in total. The van der Waals surface area contributed by atoms with E-state index in [-0.39, 0.29) is 11.3 Å². The minimum atomic E-state index is -3.07. The van der Waals surface area contributed by atoms with E-state index in [0.717, 1.165) is 6.92 Å². The van der Waals surface area contributed by atoms with Gasteiger partial charge in [0, 0.05) is 42.9 Å². The Morgan fingerprint density at radius 1 is 1.37 bits per heavy atom. The topological polar surface area (TPSA) is 95.8 Å². The third-order valence-corrected chi connectivity index (χ3v) is 4.24. The molecule has 1 aromatic carbocycles. The van der Waals surface area contributed by atoms with Gasteiger partial charge in [0.25, 0.3) is 5.92 Å². The SMILES string of the molecule is Cc1nc(N2CC(O)C2)ncc1-c1cc(C(C)(F)F)ccc1OCC(=O)O. The second-order valence-corrected chi connectivity index (χ2v) is 6.51. The number of benzene rings is 1. The molecule has 0 amide bonds. The zero-order valence-electron chi connectivity index (χ0n) is 14.8. The number of aryl methyl sites for hydroxylation is 1. The van der Waals surface area contributed by atoms with Crippen LogP contribution >= 0.6 is 0 Å². The number of hydrogen-bond donors (Lipinski definition) is 2. The Morgan fingerprint density at radius 2 is 2.07 bits per heavy atom. The second-order valence-electron chi connectivity index (χ2n) is 6.51. The van der Waals surface area contributed by atoms with Crippen LogP contribution < -0.4 is 9.64 Å². The number of carboxylic acid groups (broad SMARTS) is 1. The quantitative estimate of drug-likeness (QED) is 0.794. The van der Waals surface area contributed by atoms with E-state index in [0.29, 0.717) is 35.9 Å². The Hall–Kier alpha value is -2.81. The van der Waals surface area contributed by atoms with Crippen LogP contribution in [-0.2, 0) is 10.7 Å². The van der Waals surface area contributed by atoms with Crippen LogP contribution in [0.25, 0.3) is 11.1 Å². The van der Waals surface area contributed by atoms with Crippen molar-refractivity contribution < 1.29 is 28.5 Å². The van der Waals surface area contributed by atoms with Gasteiger partial charge in [0.2, 0.25) is 5.95 Å². The number of alkyl halides is 2. The molecule has 144 valence electrons. The molecule has 0 atom stereocenters. The van der Waals surface area contributed by atoms with Crippen molar-refractivity contribution in [2.75, 3.05) is 24.6 Å². The summed E-state index contributed by atoms with van der Waals surface area (Å²) in [5.41, 5.74) is 1.06. The highest BCUT2D eigenvalue weighted by molar-refractivity contribution is 5.74. The highest BCUT2D eigenvalue weighted by Gasteiger charge is 2.28. The van der Waals surface area contributed by atoms with Crippen molar-refractivity contribution >= 4 is 11.9 Å². The highest BCUT2D eigenvalue weighted by Crippen LogP contribution is 2.37. The molecular weight excluding hydrogens is 360 g/mol. The predicted octanol–water partition coefficient (Wildman–Crippen LogP) is 2.21. The first kappa shape index (κ1) is 19.0. The molecule has 2 aromatic rings. The predicted molar refractivity (Wildman–Crippen MR) is 93.1 cm³/mol. The maximum Gasteiger partial charge on any atom is 0.341 e. The van der Waals surface area contributed by atoms with E-state index in [1.807, 2.05) is 0 Å². The Morgan fingerprint density at radius 3 is 2.63 bits per heavy atom. The molecule has 0 radical (unpaired) electrons. The van der Waals surface area contributed by atoms with Gasteiger partial charge in [-0.05, 0) is 25.1 Å². The molecular formula is C18H19F2N3O4. The Balaban J connectivity index is 2.00. The average Bonchev–Trinajstić information content (AvgIpc) is 2.56. The van der Waals surface area contributed by atoms with E-state index in [9.17, 15) is 18.7 Å². The van der Waals surface area contributed by atoms with Gasteiger partial charge in [0.05, 0.1) is 11.8 Å². The molecule has 9 heteroatoms. The maximum absolute atomic E-state index is 13.8. The molecule has 2 heterocycles. The van der Waals surface area contributed by atoms with E-state index >= 15 is 0 Å². The average molecular weight is 379 g/mol. The number of rotatable bonds is 6. The fourth-order valence-electron chi connectivity index (χ4n) is 2.77. The van der Waals surface area contributed by atoms with Crippen molar-refractivity contribution in [3.63, 3.8) is 0 Å². The first-order valence-corrected chi connectivity index (χ1v) is 8.29. The minimum absolute atomic E-state index is 0.157. The van der Waals surface area contributed by atoms with Gasteiger partial charge < -0.3 is 19.8 Å². The highest BCUT2D eigenvalue weighted by atomic mass is 19.3. The van der Waals surface area contributed by atoms with Crippen LogP contribution in [0.2, 0.25) is 0 Å². The van der Waals surface area contributed by atoms with Crippen molar-refractivity contribution in [3.05, 3.63) is 35.7 Å². The number of carbonyl (C=O) groups is 1. The van der Waals surface area contributed by atoms with Crippen LogP contribution in [0.5, 0.6) is 5.75 Å². The zero-order valence-corrected chi connectivity index (χ0v) is 14.8. The number of aromatic nitrogens is 2. The Kier molecular flexibility index (Phi) is 4.97. The molecule has 1 aromatic heterocycles. The molecule has 1 aliphatic heterocycles. The van der Waals surface area contributed by atoms with E-state index < -0.39 is 24.6 Å². The molecule has 1 aliphatic rings. The fourth-order valence-corrected chi connectivity index (χ4v) is 2.77. The molecule has 0 unspecified atom stereocenters. The third-order valence-electron chi connectivity index (χ3n) is 4.24. The van der Waals surface area contributed by atoms with Crippen LogP contribution in [0.3, 0.4) is 0 Å². The van der Waals surface area contributed by atoms with Crippen LogP contribution in [0.4, 0.5) is 14.7 Å². The number of anilines is 1. The van der Waals surface area contributed by atoms with Crippen molar-refractivity contribution in [2.24, 2.45) is 0 Å². The first-order chi connectivity index (χ1) is 12.6. The molecule has 2 N–H and O–H groups in total. The Labute approximate surface area is 154 Å². The maximum atomic E-state index is 13.8. The monoisotopic (exact) mass is 379 g/mol. The number of nitrogens with zero attached hydrogens (tertiary/aromatic N) is 3. The minimum Gasteiger partial charge on any atom is -0.481 e. The smallest absolute Gasteiger partial charge is 0.341 e. The van der Waals surface area contributed by atoms with Gasteiger partial charge >= 0.3 is 5.97 Å². The number of carboxylic acids is 1. The zero-order chi connectivity index (χ0) is 19.8. The summed E-state index contributed by atoms with van der Waals surface area (Å²) >= 11 is 0. The lowest BCUT2D eigenvalue weighted by Crippen LogP contribution is -2.51. The largest absolute Gasteiger partial charge is 0.481 e. The summed E-state index contributed by atoms with van der Waals surface area (Å²) in [6, 6.07) is 3.78. The number of ether oxygens (including phenoxy) is 1. The number of hydrogen-bond acceptors (Lipinski definition) is 6. The summed E-state index contributed by atoms with van der Waals surface area (Å²) in [6.45, 7) is 2.76. The summed E-state index contributed by atoms with van der Waals surface area (Å²) < 4.78 is 32.8. The lowest BCUT2D eigenvalue weighted by atomic mass is 9.99. The lowest BCUT2D eigenvalue weighted by Gasteiger charge is -2.35. The second kappa shape index (κ2) is 7.07. The van der Waals surface area contributed by atoms with Gasteiger partial charge in [0.15, 0.2) is 6.61 Å². The van der Waals surface area contributed by atoms with Gasteiger partial charge in [-0.3, -0.25) is 0 Å². The summed E-state index contributed by atoms with van der Waals surface area (Å²) in [7, 11) is 0. The molecule has 27 heavy (non-hydrogen) atoms.